The Kier molecular flexibility index (Phi) is 5.51. The minimum absolute atomic E-state index is 0.203. The number of nitrogens with two attached hydrogens (primary N) is 1. The van der Waals surface area contributed by atoms with Crippen molar-refractivity contribution in [1.82, 2.24) is 9.97 Å². The van der Waals surface area contributed by atoms with Crippen LogP contribution >= 0.6 is 15.9 Å². The normalized spacial score (nSPS) is 12.3. The molecule has 0 aliphatic carbocycles. The van der Waals surface area contributed by atoms with Crippen molar-refractivity contribution in [1.29, 1.82) is 0 Å². The lowest BCUT2D eigenvalue weighted by molar-refractivity contribution is 0.306. The van der Waals surface area contributed by atoms with Gasteiger partial charge in [-0.15, -0.1) is 0 Å². The summed E-state index contributed by atoms with van der Waals surface area (Å²) >= 11 is 3.45. The molecule has 2 heterocycles. The van der Waals surface area contributed by atoms with Crippen LogP contribution in [0.1, 0.15) is 23.0 Å². The maximum absolute atomic E-state index is 12.6. The second-order valence-electron chi connectivity index (χ2n) is 7.60. The van der Waals surface area contributed by atoms with Gasteiger partial charge in [0.2, 0.25) is 5.58 Å². The second-order valence-corrected chi connectivity index (χ2v) is 8.52. The first-order valence-corrected chi connectivity index (χ1v) is 11.0. The zero-order valence-electron chi connectivity index (χ0n) is 17.0. The van der Waals surface area contributed by atoms with Crippen molar-refractivity contribution in [2.24, 2.45) is 5.73 Å². The molecule has 7 heteroatoms. The van der Waals surface area contributed by atoms with Gasteiger partial charge >= 0.3 is 0 Å². The molecule has 0 saturated carbocycles. The largest absolute Gasteiger partial charge is 0.489 e. The molecule has 6 nitrogen and oxygen atoms in total. The number of H-pyrrole nitrogens is 1. The molecule has 0 saturated heterocycles. The van der Waals surface area contributed by atoms with E-state index in [-0.39, 0.29) is 11.1 Å². The number of nitrogens with one attached hydrogen (secondary N) is 1. The minimum Gasteiger partial charge on any atom is -0.489 e. The van der Waals surface area contributed by atoms with E-state index in [1.54, 1.807) is 0 Å². The number of rotatable bonds is 6. The third kappa shape index (κ3) is 4.17. The number of fused-ring (bicyclic) bond motifs is 3. The van der Waals surface area contributed by atoms with Crippen molar-refractivity contribution in [2.75, 3.05) is 0 Å². The summed E-state index contributed by atoms with van der Waals surface area (Å²) in [5.41, 5.74) is 9.52. The third-order valence-electron chi connectivity index (χ3n) is 5.28. The molecule has 32 heavy (non-hydrogen) atoms. The van der Waals surface area contributed by atoms with Crippen LogP contribution in [0, 0.1) is 0 Å². The van der Waals surface area contributed by atoms with E-state index in [2.05, 4.69) is 25.9 Å². The summed E-state index contributed by atoms with van der Waals surface area (Å²) in [4.78, 5) is 20.0. The Hall–Kier alpha value is -3.42. The van der Waals surface area contributed by atoms with Crippen LogP contribution in [0.25, 0.3) is 22.1 Å². The molecule has 5 rings (SSSR count). The van der Waals surface area contributed by atoms with Crippen LogP contribution in [0.2, 0.25) is 0 Å². The van der Waals surface area contributed by atoms with Crippen LogP contribution in [0.5, 0.6) is 5.75 Å². The van der Waals surface area contributed by atoms with Gasteiger partial charge in [0.25, 0.3) is 5.56 Å². The van der Waals surface area contributed by atoms with E-state index in [0.717, 1.165) is 26.7 Å². The molecule has 3 aromatic carbocycles. The van der Waals surface area contributed by atoms with Crippen LogP contribution in [0.15, 0.2) is 86.5 Å². The number of furan rings is 1. The lowest BCUT2D eigenvalue weighted by Gasteiger charge is -2.12. The highest BCUT2D eigenvalue weighted by atomic mass is 79.9. The SMILES string of the molecule is NC(Cc1ccc(OCc2ccccc2)cc1)c1nc2c(oc3ccc(Br)cc32)c(=O)[nH]1. The maximum atomic E-state index is 12.6. The van der Waals surface area contributed by atoms with Crippen molar-refractivity contribution in [3.63, 3.8) is 0 Å². The smallest absolute Gasteiger partial charge is 0.294 e. The summed E-state index contributed by atoms with van der Waals surface area (Å²) < 4.78 is 12.4. The first kappa shape index (κ1) is 20.5. The molecule has 1 unspecified atom stereocenters. The average Bonchev–Trinajstić information content (AvgIpc) is 3.18. The first-order valence-electron chi connectivity index (χ1n) is 10.2. The Morgan fingerprint density at radius 3 is 2.59 bits per heavy atom. The Bertz CT molecular complexity index is 1440. The van der Waals surface area contributed by atoms with Gasteiger partial charge in [0, 0.05) is 9.86 Å². The number of aromatic amines is 1. The molecule has 5 aromatic rings. The summed E-state index contributed by atoms with van der Waals surface area (Å²) in [5.74, 6) is 1.21. The van der Waals surface area contributed by atoms with Gasteiger partial charge in [-0.25, -0.2) is 4.98 Å². The lowest BCUT2D eigenvalue weighted by atomic mass is 10.1. The summed E-state index contributed by atoms with van der Waals surface area (Å²) in [5, 5.41) is 0.772. The van der Waals surface area contributed by atoms with Gasteiger partial charge in [0.1, 0.15) is 29.3 Å². The van der Waals surface area contributed by atoms with Gasteiger partial charge in [0.15, 0.2) is 0 Å². The molecule has 0 aliphatic rings. The van der Waals surface area contributed by atoms with Crippen LogP contribution < -0.4 is 16.0 Å². The lowest BCUT2D eigenvalue weighted by Crippen LogP contribution is -2.21. The van der Waals surface area contributed by atoms with Gasteiger partial charge in [-0.3, -0.25) is 4.79 Å². The topological polar surface area (TPSA) is 94.1 Å². The van der Waals surface area contributed by atoms with Crippen LogP contribution in [-0.2, 0) is 13.0 Å². The van der Waals surface area contributed by atoms with Gasteiger partial charge in [-0.05, 0) is 47.9 Å². The van der Waals surface area contributed by atoms with Gasteiger partial charge in [-0.2, -0.15) is 0 Å². The van der Waals surface area contributed by atoms with Crippen LogP contribution in [-0.4, -0.2) is 9.97 Å². The van der Waals surface area contributed by atoms with Gasteiger partial charge in [0.05, 0.1) is 6.04 Å². The highest BCUT2D eigenvalue weighted by Gasteiger charge is 2.17. The van der Waals surface area contributed by atoms with Crippen molar-refractivity contribution in [2.45, 2.75) is 19.1 Å². The number of benzene rings is 3. The summed E-state index contributed by atoms with van der Waals surface area (Å²) in [6, 6.07) is 22.9. The minimum atomic E-state index is -0.472. The molecule has 0 aliphatic heterocycles. The Labute approximate surface area is 192 Å². The number of halogens is 1. The van der Waals surface area contributed by atoms with E-state index < -0.39 is 6.04 Å². The fraction of sp³-hybridized carbons (Fsp3) is 0.120. The molecule has 2 aromatic heterocycles. The first-order chi connectivity index (χ1) is 15.6. The zero-order valence-corrected chi connectivity index (χ0v) is 18.6. The highest BCUT2D eigenvalue weighted by Crippen LogP contribution is 2.28. The third-order valence-corrected chi connectivity index (χ3v) is 5.78. The fourth-order valence-electron chi connectivity index (χ4n) is 3.63. The molecular formula is C25H20BrN3O3. The average molecular weight is 490 g/mol. The Balaban J connectivity index is 1.34. The van der Waals surface area contributed by atoms with Gasteiger partial charge < -0.3 is 19.9 Å². The summed E-state index contributed by atoms with van der Waals surface area (Å²) in [6.07, 6.45) is 0.521. The van der Waals surface area contributed by atoms with Crippen molar-refractivity contribution in [3.05, 3.63) is 105 Å². The van der Waals surface area contributed by atoms with Crippen LogP contribution in [0.4, 0.5) is 0 Å². The Morgan fingerprint density at radius 1 is 1.03 bits per heavy atom. The van der Waals surface area contributed by atoms with Gasteiger partial charge in [-0.1, -0.05) is 58.4 Å². The number of ether oxygens (including phenoxy) is 1. The monoisotopic (exact) mass is 489 g/mol. The van der Waals surface area contributed by atoms with E-state index in [4.69, 9.17) is 14.9 Å². The molecule has 0 radical (unpaired) electrons. The number of hydrogen-bond donors (Lipinski definition) is 2. The zero-order chi connectivity index (χ0) is 22.1. The number of hydrogen-bond acceptors (Lipinski definition) is 5. The quantitative estimate of drug-likeness (QED) is 0.339. The summed E-state index contributed by atoms with van der Waals surface area (Å²) in [7, 11) is 0. The number of nitrogens with zero attached hydrogens (tertiary/aromatic N) is 1. The molecular weight excluding hydrogens is 470 g/mol. The molecule has 0 bridgehead atoms. The van der Waals surface area contributed by atoms with Crippen molar-refractivity contribution in [3.8, 4) is 5.75 Å². The second kappa shape index (κ2) is 8.61. The van der Waals surface area contributed by atoms with Crippen molar-refractivity contribution >= 4 is 38.0 Å². The van der Waals surface area contributed by atoms with Crippen molar-refractivity contribution < 1.29 is 9.15 Å². The fourth-order valence-corrected chi connectivity index (χ4v) is 3.99. The maximum Gasteiger partial charge on any atom is 0.294 e. The molecule has 1 atom stereocenters. The number of aromatic nitrogens is 2. The van der Waals surface area contributed by atoms with E-state index in [1.807, 2.05) is 72.8 Å². The van der Waals surface area contributed by atoms with E-state index >= 15 is 0 Å². The highest BCUT2D eigenvalue weighted by molar-refractivity contribution is 9.10. The summed E-state index contributed by atoms with van der Waals surface area (Å²) in [6.45, 7) is 0.514. The predicted octanol–water partition coefficient (Wildman–Crippen LogP) is 5.25. The molecule has 160 valence electrons. The molecule has 0 amide bonds. The van der Waals surface area contributed by atoms with E-state index in [9.17, 15) is 4.79 Å². The van der Waals surface area contributed by atoms with Crippen LogP contribution in [0.3, 0.4) is 0 Å². The van der Waals surface area contributed by atoms with E-state index in [1.165, 1.54) is 0 Å². The molecule has 0 spiro atoms. The molecule has 0 fully saturated rings. The molecule has 3 N–H and O–H groups in total. The van der Waals surface area contributed by atoms with E-state index in [0.29, 0.717) is 30.0 Å². The Morgan fingerprint density at radius 2 is 1.81 bits per heavy atom. The predicted molar refractivity (Wildman–Crippen MR) is 128 cm³/mol. The standard InChI is InChI=1S/C25H20BrN3O3/c26-17-8-11-21-19(13-17)22-23(32-21)25(30)29-24(28-22)20(27)12-15-6-9-18(10-7-15)31-14-16-4-2-1-3-5-16/h1-11,13,20H,12,14,27H2,(H,28,29,30).